The van der Waals surface area contributed by atoms with E-state index in [-0.39, 0.29) is 43.1 Å². The van der Waals surface area contributed by atoms with E-state index in [1.54, 1.807) is 0 Å². The van der Waals surface area contributed by atoms with Gasteiger partial charge in [0.15, 0.2) is 0 Å². The first kappa shape index (κ1) is 28.4. The van der Waals surface area contributed by atoms with Gasteiger partial charge < -0.3 is 16.0 Å². The van der Waals surface area contributed by atoms with E-state index in [1.165, 1.54) is 5.56 Å². The number of nitrogens with two attached hydrogens (primary N) is 1. The van der Waals surface area contributed by atoms with Crippen LogP contribution in [-0.2, 0) is 11.3 Å². The molecule has 2 fully saturated rings. The Hall–Kier alpha value is -0.560. The van der Waals surface area contributed by atoms with Crippen LogP contribution in [0.4, 0.5) is 0 Å². The van der Waals surface area contributed by atoms with E-state index < -0.39 is 5.54 Å². The summed E-state index contributed by atoms with van der Waals surface area (Å²) in [5.41, 5.74) is 6.99. The second-order valence-corrected chi connectivity index (χ2v) is 7.93. The molecule has 0 unspecified atom stereocenters. The molecular weight excluding hydrogens is 431 g/mol. The minimum atomic E-state index is -0.588. The summed E-state index contributed by atoms with van der Waals surface area (Å²) in [4.78, 5) is 17.2. The Bertz CT molecular complexity index is 562. The minimum absolute atomic E-state index is 0. The lowest BCUT2D eigenvalue weighted by Crippen LogP contribution is -2.52. The number of nitrogens with one attached hydrogen (secondary N) is 1. The zero-order chi connectivity index (χ0) is 18.2. The molecule has 1 amide bonds. The van der Waals surface area contributed by atoms with Crippen molar-refractivity contribution in [1.82, 2.24) is 15.1 Å². The van der Waals surface area contributed by atoms with Crippen LogP contribution >= 0.6 is 37.2 Å². The van der Waals surface area contributed by atoms with Crippen LogP contribution in [0.3, 0.4) is 0 Å². The maximum absolute atomic E-state index is 12.2. The molecule has 0 aromatic heterocycles. The van der Waals surface area contributed by atoms with Crippen molar-refractivity contribution >= 4 is 43.1 Å². The molecule has 1 heterocycles. The molecule has 1 aromatic carbocycles. The van der Waals surface area contributed by atoms with E-state index in [2.05, 4.69) is 45.4 Å². The lowest BCUT2D eigenvalue weighted by Gasteiger charge is -2.34. The summed E-state index contributed by atoms with van der Waals surface area (Å²) in [7, 11) is 0. The molecule has 0 atom stereocenters. The third-order valence-corrected chi connectivity index (χ3v) is 5.85. The van der Waals surface area contributed by atoms with Crippen LogP contribution in [0, 0.1) is 0 Å². The second-order valence-electron chi connectivity index (χ2n) is 7.93. The van der Waals surface area contributed by atoms with E-state index in [4.69, 9.17) is 5.73 Å². The number of unbranched alkanes of at least 4 members (excludes halogenated alkanes) is 1. The molecule has 1 aliphatic carbocycles. The highest BCUT2D eigenvalue weighted by atomic mass is 35.5. The quantitative estimate of drug-likeness (QED) is 0.576. The second kappa shape index (κ2) is 14.4. The molecule has 0 radical (unpaired) electrons. The highest BCUT2D eigenvalue weighted by molar-refractivity contribution is 5.86. The first-order valence-electron chi connectivity index (χ1n) is 10.2. The van der Waals surface area contributed by atoms with Gasteiger partial charge in [-0.1, -0.05) is 43.2 Å². The summed E-state index contributed by atoms with van der Waals surface area (Å²) in [6.45, 7) is 7.51. The maximum atomic E-state index is 12.2. The molecule has 5 nitrogen and oxygen atoms in total. The predicted octanol–water partition coefficient (Wildman–Crippen LogP) is 3.24. The first-order valence-corrected chi connectivity index (χ1v) is 10.2. The Morgan fingerprint density at radius 3 is 2.14 bits per heavy atom. The molecule has 1 aromatic rings. The molecule has 29 heavy (non-hydrogen) atoms. The number of carbonyl (C=O) groups excluding carboxylic acids is 1. The van der Waals surface area contributed by atoms with Crippen molar-refractivity contribution < 1.29 is 4.79 Å². The van der Waals surface area contributed by atoms with E-state index in [9.17, 15) is 4.79 Å². The summed E-state index contributed by atoms with van der Waals surface area (Å²) < 4.78 is 0. The van der Waals surface area contributed by atoms with Crippen molar-refractivity contribution in [3.8, 4) is 0 Å². The fraction of sp³-hybridized carbons (Fsp3) is 0.667. The van der Waals surface area contributed by atoms with Crippen LogP contribution in [0.5, 0.6) is 0 Å². The van der Waals surface area contributed by atoms with Gasteiger partial charge in [0.25, 0.3) is 0 Å². The Labute approximate surface area is 194 Å². The Balaban J connectivity index is 0.00000261. The van der Waals surface area contributed by atoms with Crippen LogP contribution in [0.15, 0.2) is 30.3 Å². The zero-order valence-electron chi connectivity index (χ0n) is 17.2. The fourth-order valence-corrected chi connectivity index (χ4v) is 4.08. The third-order valence-electron chi connectivity index (χ3n) is 5.85. The molecule has 3 N–H and O–H groups in total. The Morgan fingerprint density at radius 1 is 0.931 bits per heavy atom. The summed E-state index contributed by atoms with van der Waals surface area (Å²) >= 11 is 0. The number of benzene rings is 1. The average molecular weight is 468 g/mol. The van der Waals surface area contributed by atoms with Gasteiger partial charge in [-0.15, -0.1) is 37.2 Å². The molecule has 1 saturated carbocycles. The third kappa shape index (κ3) is 8.99. The number of amides is 1. The van der Waals surface area contributed by atoms with Crippen LogP contribution < -0.4 is 11.1 Å². The fourth-order valence-electron chi connectivity index (χ4n) is 4.08. The van der Waals surface area contributed by atoms with Crippen molar-refractivity contribution in [2.75, 3.05) is 39.3 Å². The molecule has 0 spiro atoms. The number of piperazine rings is 1. The smallest absolute Gasteiger partial charge is 0.240 e. The first-order chi connectivity index (χ1) is 12.7. The van der Waals surface area contributed by atoms with Gasteiger partial charge in [-0.3, -0.25) is 9.69 Å². The van der Waals surface area contributed by atoms with Gasteiger partial charge in [-0.05, 0) is 37.8 Å². The molecular formula is C21H37Cl3N4O. The van der Waals surface area contributed by atoms with Crippen LogP contribution in [-0.4, -0.2) is 60.5 Å². The number of rotatable bonds is 8. The van der Waals surface area contributed by atoms with Gasteiger partial charge in [0.2, 0.25) is 5.91 Å². The SMILES string of the molecule is Cl.Cl.Cl.NC1(C(=O)NCCCCN2CCN(Cc3ccccc3)CC2)CCCC1. The normalized spacial score (nSPS) is 18.8. The molecule has 0 bridgehead atoms. The summed E-state index contributed by atoms with van der Waals surface area (Å²) in [6, 6.07) is 10.7. The van der Waals surface area contributed by atoms with Crippen LogP contribution in [0.1, 0.15) is 44.1 Å². The predicted molar refractivity (Wildman–Crippen MR) is 128 cm³/mol. The number of hydrogen-bond acceptors (Lipinski definition) is 4. The molecule has 168 valence electrons. The number of nitrogens with zero attached hydrogens (tertiary/aromatic N) is 2. The average Bonchev–Trinajstić information content (AvgIpc) is 3.11. The summed E-state index contributed by atoms with van der Waals surface area (Å²) in [6.07, 6.45) is 6.01. The van der Waals surface area contributed by atoms with Crippen molar-refractivity contribution in [2.45, 2.75) is 50.6 Å². The van der Waals surface area contributed by atoms with Gasteiger partial charge in [0, 0.05) is 39.3 Å². The Morgan fingerprint density at radius 2 is 1.52 bits per heavy atom. The van der Waals surface area contributed by atoms with E-state index >= 15 is 0 Å². The van der Waals surface area contributed by atoms with Gasteiger partial charge in [-0.25, -0.2) is 0 Å². The van der Waals surface area contributed by atoms with Gasteiger partial charge in [-0.2, -0.15) is 0 Å². The van der Waals surface area contributed by atoms with Gasteiger partial charge >= 0.3 is 0 Å². The summed E-state index contributed by atoms with van der Waals surface area (Å²) in [5, 5.41) is 3.05. The van der Waals surface area contributed by atoms with Crippen molar-refractivity contribution in [3.63, 3.8) is 0 Å². The van der Waals surface area contributed by atoms with Crippen LogP contribution in [0.2, 0.25) is 0 Å². The van der Waals surface area contributed by atoms with Gasteiger partial charge in [0.1, 0.15) is 0 Å². The molecule has 1 aliphatic heterocycles. The summed E-state index contributed by atoms with van der Waals surface area (Å²) in [5.74, 6) is 0.0597. The molecule has 2 aliphatic rings. The highest BCUT2D eigenvalue weighted by Crippen LogP contribution is 2.27. The van der Waals surface area contributed by atoms with Crippen molar-refractivity contribution in [1.29, 1.82) is 0 Å². The van der Waals surface area contributed by atoms with Crippen molar-refractivity contribution in [2.24, 2.45) is 5.73 Å². The standard InChI is InChI=1S/C21H34N4O.3ClH/c22-21(10-4-5-11-21)20(26)23-12-6-7-13-24-14-16-25(17-15-24)18-19-8-2-1-3-9-19;;;/h1-3,8-9H,4-7,10-18,22H2,(H,23,26);3*1H. The largest absolute Gasteiger partial charge is 0.355 e. The highest BCUT2D eigenvalue weighted by Gasteiger charge is 2.36. The lowest BCUT2D eigenvalue weighted by molar-refractivity contribution is -0.126. The van der Waals surface area contributed by atoms with Crippen molar-refractivity contribution in [3.05, 3.63) is 35.9 Å². The minimum Gasteiger partial charge on any atom is -0.355 e. The van der Waals surface area contributed by atoms with Gasteiger partial charge in [0.05, 0.1) is 5.54 Å². The van der Waals surface area contributed by atoms with E-state index in [0.29, 0.717) is 0 Å². The number of carbonyl (C=O) groups is 1. The van der Waals surface area contributed by atoms with Crippen LogP contribution in [0.25, 0.3) is 0 Å². The maximum Gasteiger partial charge on any atom is 0.240 e. The number of hydrogen-bond donors (Lipinski definition) is 2. The monoisotopic (exact) mass is 466 g/mol. The number of halogens is 3. The lowest BCUT2D eigenvalue weighted by atomic mass is 9.98. The molecule has 1 saturated heterocycles. The molecule has 8 heteroatoms. The van der Waals surface area contributed by atoms with E-state index in [1.807, 2.05) is 0 Å². The van der Waals surface area contributed by atoms with E-state index in [0.717, 1.165) is 84.3 Å². The zero-order valence-corrected chi connectivity index (χ0v) is 19.6. The Kier molecular flexibility index (Phi) is 14.2. The molecule has 3 rings (SSSR count). The topological polar surface area (TPSA) is 61.6 Å².